The third kappa shape index (κ3) is 3.47. The van der Waals surface area contributed by atoms with E-state index in [0.717, 1.165) is 25.9 Å². The maximum absolute atomic E-state index is 11.9. The summed E-state index contributed by atoms with van der Waals surface area (Å²) < 4.78 is 0. The predicted octanol–water partition coefficient (Wildman–Crippen LogP) is 2.05. The number of amides is 2. The van der Waals surface area contributed by atoms with Crippen molar-refractivity contribution in [1.29, 1.82) is 0 Å². The van der Waals surface area contributed by atoms with Crippen molar-refractivity contribution in [3.8, 4) is 0 Å². The Morgan fingerprint density at radius 3 is 2.68 bits per heavy atom. The van der Waals surface area contributed by atoms with Crippen LogP contribution in [0.15, 0.2) is 24.3 Å². The first kappa shape index (κ1) is 13.9. The Hall–Kier alpha value is -1.55. The van der Waals surface area contributed by atoms with E-state index in [2.05, 4.69) is 36.5 Å². The molecule has 0 bridgehead atoms. The van der Waals surface area contributed by atoms with Crippen LogP contribution in [0.5, 0.6) is 0 Å². The van der Waals surface area contributed by atoms with E-state index >= 15 is 0 Å². The molecule has 0 aliphatic carbocycles. The SMILES string of the molecule is CCc1ccc(C2CN(CCC(C)N)C(=O)N2)cc1. The lowest BCUT2D eigenvalue weighted by Gasteiger charge is -2.16. The van der Waals surface area contributed by atoms with Crippen molar-refractivity contribution in [1.82, 2.24) is 10.2 Å². The molecule has 4 nitrogen and oxygen atoms in total. The molecular weight excluding hydrogens is 238 g/mol. The summed E-state index contributed by atoms with van der Waals surface area (Å²) in [7, 11) is 0. The summed E-state index contributed by atoms with van der Waals surface area (Å²) in [6.45, 7) is 5.57. The number of carbonyl (C=O) groups is 1. The molecule has 3 N–H and O–H groups in total. The van der Waals surface area contributed by atoms with Crippen molar-refractivity contribution < 1.29 is 4.79 Å². The number of benzene rings is 1. The first-order chi connectivity index (χ1) is 9.10. The van der Waals surface area contributed by atoms with E-state index in [9.17, 15) is 4.79 Å². The molecule has 19 heavy (non-hydrogen) atoms. The van der Waals surface area contributed by atoms with Crippen molar-refractivity contribution in [2.45, 2.75) is 38.8 Å². The van der Waals surface area contributed by atoms with E-state index in [1.165, 1.54) is 11.1 Å². The zero-order valence-electron chi connectivity index (χ0n) is 11.7. The van der Waals surface area contributed by atoms with Crippen LogP contribution in [0, 0.1) is 0 Å². The number of rotatable bonds is 5. The first-order valence-corrected chi connectivity index (χ1v) is 7.00. The van der Waals surface area contributed by atoms with Gasteiger partial charge in [-0.05, 0) is 30.9 Å². The van der Waals surface area contributed by atoms with Gasteiger partial charge in [-0.2, -0.15) is 0 Å². The molecule has 2 unspecified atom stereocenters. The molecule has 1 aromatic rings. The number of nitrogens with one attached hydrogen (secondary N) is 1. The average Bonchev–Trinajstić information content (AvgIpc) is 2.78. The van der Waals surface area contributed by atoms with E-state index in [4.69, 9.17) is 5.73 Å². The highest BCUT2D eigenvalue weighted by atomic mass is 16.2. The fourth-order valence-corrected chi connectivity index (χ4v) is 2.32. The summed E-state index contributed by atoms with van der Waals surface area (Å²) in [4.78, 5) is 13.7. The molecular formula is C15H23N3O. The van der Waals surface area contributed by atoms with E-state index < -0.39 is 0 Å². The van der Waals surface area contributed by atoms with Gasteiger partial charge in [-0.15, -0.1) is 0 Å². The maximum Gasteiger partial charge on any atom is 0.318 e. The third-order valence-electron chi connectivity index (χ3n) is 3.63. The Labute approximate surface area is 115 Å². The van der Waals surface area contributed by atoms with Crippen molar-refractivity contribution in [3.05, 3.63) is 35.4 Å². The Kier molecular flexibility index (Phi) is 4.43. The lowest BCUT2D eigenvalue weighted by Crippen LogP contribution is -2.32. The minimum absolute atomic E-state index is 0.0187. The van der Waals surface area contributed by atoms with E-state index in [1.54, 1.807) is 0 Å². The summed E-state index contributed by atoms with van der Waals surface area (Å²) in [5.41, 5.74) is 8.23. The largest absolute Gasteiger partial charge is 0.329 e. The highest BCUT2D eigenvalue weighted by Crippen LogP contribution is 2.21. The summed E-state index contributed by atoms with van der Waals surface area (Å²) >= 11 is 0. The molecule has 1 heterocycles. The Bertz CT molecular complexity index is 428. The van der Waals surface area contributed by atoms with E-state index in [0.29, 0.717) is 0 Å². The molecule has 1 fully saturated rings. The van der Waals surface area contributed by atoms with Gasteiger partial charge in [0.25, 0.3) is 0 Å². The molecule has 0 spiro atoms. The Balaban J connectivity index is 1.97. The van der Waals surface area contributed by atoms with Crippen LogP contribution >= 0.6 is 0 Å². The smallest absolute Gasteiger partial charge is 0.318 e. The van der Waals surface area contributed by atoms with Crippen LogP contribution in [0.1, 0.15) is 37.4 Å². The van der Waals surface area contributed by atoms with Crippen LogP contribution in [0.4, 0.5) is 4.79 Å². The number of nitrogens with two attached hydrogens (primary N) is 1. The van der Waals surface area contributed by atoms with Gasteiger partial charge in [-0.3, -0.25) is 0 Å². The van der Waals surface area contributed by atoms with Gasteiger partial charge in [0, 0.05) is 19.1 Å². The van der Waals surface area contributed by atoms with E-state index in [-0.39, 0.29) is 18.1 Å². The predicted molar refractivity (Wildman–Crippen MR) is 76.9 cm³/mol. The number of nitrogens with zero attached hydrogens (tertiary/aromatic N) is 1. The van der Waals surface area contributed by atoms with Gasteiger partial charge in [-0.25, -0.2) is 4.79 Å². The molecule has 2 amide bonds. The molecule has 0 radical (unpaired) electrons. The average molecular weight is 261 g/mol. The highest BCUT2D eigenvalue weighted by molar-refractivity contribution is 5.77. The van der Waals surface area contributed by atoms with Crippen molar-refractivity contribution in [2.24, 2.45) is 5.73 Å². The van der Waals surface area contributed by atoms with Crippen LogP contribution in [0.3, 0.4) is 0 Å². The first-order valence-electron chi connectivity index (χ1n) is 7.00. The second-order valence-electron chi connectivity index (χ2n) is 5.31. The maximum atomic E-state index is 11.9. The summed E-state index contributed by atoms with van der Waals surface area (Å²) in [5, 5.41) is 3.03. The molecule has 1 aliphatic heterocycles. The quantitative estimate of drug-likeness (QED) is 0.852. The molecule has 1 saturated heterocycles. The standard InChI is InChI=1S/C15H23N3O/c1-3-12-4-6-13(7-5-12)14-10-18(15(19)17-14)9-8-11(2)16/h4-7,11,14H,3,8-10,16H2,1-2H3,(H,17,19). The second-order valence-corrected chi connectivity index (χ2v) is 5.31. The van der Waals surface area contributed by atoms with Crippen LogP contribution in [-0.4, -0.2) is 30.1 Å². The fraction of sp³-hybridized carbons (Fsp3) is 0.533. The number of carbonyl (C=O) groups excluding carboxylic acids is 1. The topological polar surface area (TPSA) is 58.4 Å². The van der Waals surface area contributed by atoms with Crippen LogP contribution in [0.2, 0.25) is 0 Å². The van der Waals surface area contributed by atoms with Gasteiger partial charge in [-0.1, -0.05) is 31.2 Å². The Morgan fingerprint density at radius 2 is 2.11 bits per heavy atom. The second kappa shape index (κ2) is 6.06. The third-order valence-corrected chi connectivity index (χ3v) is 3.63. The summed E-state index contributed by atoms with van der Waals surface area (Å²) in [6.07, 6.45) is 1.88. The molecule has 1 aromatic carbocycles. The molecule has 2 atom stereocenters. The number of aryl methyl sites for hydroxylation is 1. The van der Waals surface area contributed by atoms with Gasteiger partial charge < -0.3 is 16.0 Å². The zero-order chi connectivity index (χ0) is 13.8. The molecule has 0 aromatic heterocycles. The number of hydrogen-bond acceptors (Lipinski definition) is 2. The van der Waals surface area contributed by atoms with Gasteiger partial charge in [0.15, 0.2) is 0 Å². The summed E-state index contributed by atoms with van der Waals surface area (Å²) in [6, 6.07) is 8.74. The number of hydrogen-bond donors (Lipinski definition) is 2. The lowest BCUT2D eigenvalue weighted by molar-refractivity contribution is 0.216. The van der Waals surface area contributed by atoms with Crippen molar-refractivity contribution >= 4 is 6.03 Å². The normalized spacial score (nSPS) is 20.5. The molecule has 104 valence electrons. The van der Waals surface area contributed by atoms with Gasteiger partial charge >= 0.3 is 6.03 Å². The van der Waals surface area contributed by atoms with Crippen LogP contribution in [-0.2, 0) is 6.42 Å². The van der Waals surface area contributed by atoms with E-state index in [1.807, 2.05) is 11.8 Å². The molecule has 1 aliphatic rings. The zero-order valence-corrected chi connectivity index (χ0v) is 11.7. The lowest BCUT2D eigenvalue weighted by atomic mass is 10.0. The minimum Gasteiger partial charge on any atom is -0.329 e. The molecule has 2 rings (SSSR count). The molecule has 0 saturated carbocycles. The number of urea groups is 1. The fourth-order valence-electron chi connectivity index (χ4n) is 2.32. The van der Waals surface area contributed by atoms with Crippen LogP contribution in [0.25, 0.3) is 0 Å². The minimum atomic E-state index is 0.0187. The molecule has 4 heteroatoms. The van der Waals surface area contributed by atoms with Gasteiger partial charge in [0.2, 0.25) is 0 Å². The van der Waals surface area contributed by atoms with Crippen molar-refractivity contribution in [2.75, 3.05) is 13.1 Å². The van der Waals surface area contributed by atoms with Crippen molar-refractivity contribution in [3.63, 3.8) is 0 Å². The van der Waals surface area contributed by atoms with Gasteiger partial charge in [0.05, 0.1) is 6.04 Å². The van der Waals surface area contributed by atoms with Crippen LogP contribution < -0.4 is 11.1 Å². The summed E-state index contributed by atoms with van der Waals surface area (Å²) in [5.74, 6) is 0. The Morgan fingerprint density at radius 1 is 1.42 bits per heavy atom. The highest BCUT2D eigenvalue weighted by Gasteiger charge is 2.29. The monoisotopic (exact) mass is 261 g/mol. The van der Waals surface area contributed by atoms with Gasteiger partial charge in [0.1, 0.15) is 0 Å².